The van der Waals surface area contributed by atoms with Crippen LogP contribution >= 0.6 is 0 Å². The molecule has 36 heavy (non-hydrogen) atoms. The van der Waals surface area contributed by atoms with E-state index in [1.54, 1.807) is 30.9 Å². The van der Waals surface area contributed by atoms with Crippen molar-refractivity contribution in [3.05, 3.63) is 58.9 Å². The summed E-state index contributed by atoms with van der Waals surface area (Å²) >= 11 is 0. The van der Waals surface area contributed by atoms with Crippen molar-refractivity contribution in [3.8, 4) is 23.0 Å². The highest BCUT2D eigenvalue weighted by molar-refractivity contribution is 6.47. The molecule has 11 nitrogen and oxygen atoms in total. The number of methoxy groups -OCH3 is 3. The highest BCUT2D eigenvalue weighted by Gasteiger charge is 2.32. The summed E-state index contributed by atoms with van der Waals surface area (Å²) in [6, 6.07) is 10.5. The van der Waals surface area contributed by atoms with Crippen LogP contribution in [-0.2, 0) is 24.7 Å². The molecule has 1 fully saturated rings. The van der Waals surface area contributed by atoms with Gasteiger partial charge in [-0.3, -0.25) is 15.0 Å². The molecule has 0 aliphatic carbocycles. The van der Waals surface area contributed by atoms with Crippen molar-refractivity contribution in [1.29, 1.82) is 0 Å². The maximum absolute atomic E-state index is 12.3. The van der Waals surface area contributed by atoms with Gasteiger partial charge in [0.15, 0.2) is 11.5 Å². The van der Waals surface area contributed by atoms with Crippen LogP contribution in [0.3, 0.4) is 0 Å². The van der Waals surface area contributed by atoms with E-state index >= 15 is 0 Å². The summed E-state index contributed by atoms with van der Waals surface area (Å²) in [6.45, 7) is 0. The highest BCUT2D eigenvalue weighted by Crippen LogP contribution is 2.38. The van der Waals surface area contributed by atoms with Gasteiger partial charge in [-0.1, -0.05) is 12.1 Å². The number of phenols is 1. The zero-order valence-electron chi connectivity index (χ0n) is 20.7. The lowest BCUT2D eigenvalue weighted by Crippen LogP contribution is -2.25. The summed E-state index contributed by atoms with van der Waals surface area (Å²) in [6.07, 6.45) is 0.867. The molecule has 2 N–H and O–H groups in total. The molecule has 1 saturated heterocycles. The van der Waals surface area contributed by atoms with Crippen LogP contribution < -0.4 is 19.5 Å². The number of amides is 3. The Morgan fingerprint density at radius 2 is 1.69 bits per heavy atom. The van der Waals surface area contributed by atoms with Gasteiger partial charge in [0.05, 0.1) is 27.0 Å². The number of aromatic hydroxyl groups is 1. The van der Waals surface area contributed by atoms with E-state index in [2.05, 4.69) is 10.3 Å². The fraction of sp³-hybridized carbons (Fsp3) is 0.280. The van der Waals surface area contributed by atoms with E-state index in [1.807, 2.05) is 24.3 Å². The number of benzene rings is 2. The van der Waals surface area contributed by atoms with Crippen LogP contribution in [0.1, 0.15) is 22.5 Å². The third kappa shape index (κ3) is 4.67. The van der Waals surface area contributed by atoms with E-state index < -0.39 is 11.9 Å². The Hall–Kier alpha value is -4.54. The van der Waals surface area contributed by atoms with Crippen molar-refractivity contribution in [3.63, 3.8) is 0 Å². The normalized spacial score (nSPS) is 14.4. The van der Waals surface area contributed by atoms with Crippen molar-refractivity contribution >= 4 is 23.7 Å². The van der Waals surface area contributed by atoms with E-state index in [0.29, 0.717) is 18.6 Å². The van der Waals surface area contributed by atoms with Crippen LogP contribution in [0.4, 0.5) is 10.7 Å². The third-order valence-corrected chi connectivity index (χ3v) is 5.94. The van der Waals surface area contributed by atoms with Gasteiger partial charge in [-0.25, -0.2) is 9.78 Å². The summed E-state index contributed by atoms with van der Waals surface area (Å²) in [4.78, 5) is 34.2. The largest absolute Gasteiger partial charge is 0.504 e. The molecule has 2 heterocycles. The van der Waals surface area contributed by atoms with E-state index in [-0.39, 0.29) is 23.3 Å². The molecule has 3 aromatic rings. The molecule has 0 unspecified atom stereocenters. The van der Waals surface area contributed by atoms with Gasteiger partial charge in [0.1, 0.15) is 5.75 Å². The van der Waals surface area contributed by atoms with E-state index in [0.717, 1.165) is 33.2 Å². The predicted octanol–water partition coefficient (Wildman–Crippen LogP) is 2.54. The Morgan fingerprint density at radius 3 is 2.28 bits per heavy atom. The number of rotatable bonds is 8. The second kappa shape index (κ2) is 9.98. The lowest BCUT2D eigenvalue weighted by atomic mass is 10.0. The first-order valence-electron chi connectivity index (χ1n) is 11.0. The number of amidine groups is 1. The smallest absolute Gasteiger partial charge is 0.329 e. The summed E-state index contributed by atoms with van der Waals surface area (Å²) in [5.41, 5.74) is 3.28. The lowest BCUT2D eigenvalue weighted by Gasteiger charge is -2.13. The van der Waals surface area contributed by atoms with Gasteiger partial charge < -0.3 is 23.9 Å². The molecule has 3 amide bonds. The highest BCUT2D eigenvalue weighted by atomic mass is 16.5. The number of likely N-dealkylation sites (N-methyl/N-ethyl adjacent to an activating group) is 1. The van der Waals surface area contributed by atoms with Gasteiger partial charge in [0.25, 0.3) is 5.91 Å². The van der Waals surface area contributed by atoms with E-state index in [1.165, 1.54) is 21.3 Å². The fourth-order valence-electron chi connectivity index (χ4n) is 3.93. The first-order valence-corrected chi connectivity index (χ1v) is 11.0. The number of imide groups is 1. The number of hydrogen-bond acceptors (Lipinski definition) is 8. The first kappa shape index (κ1) is 24.6. The standard InChI is InChI=1S/C25H27N5O6/c1-29-18(11-15-12-19(31)21(36-5)20(13-15)35-4)17(10-14-6-8-16(34-3)9-7-14)26-24(29)27-22-23(32)30(2)25(33)28-22/h6-9,12-13,31H,10-11H2,1-5H3,(H,26,27,28,33). The minimum absolute atomic E-state index is 0.0477. The molecule has 0 spiro atoms. The Bertz CT molecular complexity index is 1350. The summed E-state index contributed by atoms with van der Waals surface area (Å²) in [5.74, 6) is 0.969. The number of carbonyl (C=O) groups is 2. The van der Waals surface area contributed by atoms with Gasteiger partial charge in [-0.05, 0) is 35.4 Å². The van der Waals surface area contributed by atoms with Gasteiger partial charge in [-0.15, -0.1) is 0 Å². The summed E-state index contributed by atoms with van der Waals surface area (Å²) in [5, 5.41) is 12.9. The molecule has 1 aromatic heterocycles. The zero-order chi connectivity index (χ0) is 26.0. The minimum Gasteiger partial charge on any atom is -0.504 e. The molecule has 1 aliphatic rings. The maximum Gasteiger partial charge on any atom is 0.329 e. The van der Waals surface area contributed by atoms with Crippen LogP contribution in [0, 0.1) is 0 Å². The first-order chi connectivity index (χ1) is 17.2. The minimum atomic E-state index is -0.549. The van der Waals surface area contributed by atoms with Gasteiger partial charge in [0, 0.05) is 32.6 Å². The number of hydrogen-bond donors (Lipinski definition) is 2. The van der Waals surface area contributed by atoms with Crippen molar-refractivity contribution in [1.82, 2.24) is 19.8 Å². The fourth-order valence-corrected chi connectivity index (χ4v) is 3.93. The topological polar surface area (TPSA) is 128 Å². The van der Waals surface area contributed by atoms with Crippen LogP contribution in [0.15, 0.2) is 41.4 Å². The molecule has 0 radical (unpaired) electrons. The number of carbonyl (C=O) groups excluding carboxylic acids is 2. The van der Waals surface area contributed by atoms with Gasteiger partial charge >= 0.3 is 6.03 Å². The van der Waals surface area contributed by atoms with Gasteiger partial charge in [-0.2, -0.15) is 4.99 Å². The van der Waals surface area contributed by atoms with Crippen LogP contribution in [0.5, 0.6) is 23.0 Å². The van der Waals surface area contributed by atoms with Gasteiger partial charge in [0.2, 0.25) is 17.5 Å². The van der Waals surface area contributed by atoms with Crippen molar-refractivity contribution in [2.75, 3.05) is 28.4 Å². The number of aromatic nitrogens is 2. The molecule has 188 valence electrons. The zero-order valence-corrected chi connectivity index (χ0v) is 20.7. The number of nitrogens with one attached hydrogen (secondary N) is 1. The summed E-state index contributed by atoms with van der Waals surface area (Å²) < 4.78 is 17.6. The number of urea groups is 1. The Kier molecular flexibility index (Phi) is 6.82. The molecule has 1 aliphatic heterocycles. The number of aliphatic imine (C=N–C) groups is 1. The number of imidazole rings is 1. The summed E-state index contributed by atoms with van der Waals surface area (Å²) in [7, 11) is 7.72. The van der Waals surface area contributed by atoms with Crippen LogP contribution in [-0.4, -0.2) is 65.7 Å². The van der Waals surface area contributed by atoms with Crippen LogP contribution in [0.25, 0.3) is 0 Å². The average molecular weight is 494 g/mol. The monoisotopic (exact) mass is 493 g/mol. The quantitative estimate of drug-likeness (QED) is 0.462. The maximum atomic E-state index is 12.3. The molecular weight excluding hydrogens is 466 g/mol. The van der Waals surface area contributed by atoms with E-state index in [4.69, 9.17) is 19.2 Å². The molecule has 0 atom stereocenters. The molecule has 0 bridgehead atoms. The molecule has 11 heteroatoms. The Labute approximate surface area is 207 Å². The second-order valence-electron chi connectivity index (χ2n) is 8.17. The molecule has 4 rings (SSSR count). The Morgan fingerprint density at radius 1 is 0.972 bits per heavy atom. The van der Waals surface area contributed by atoms with Crippen molar-refractivity contribution < 1.29 is 28.9 Å². The third-order valence-electron chi connectivity index (χ3n) is 5.94. The molecular formula is C25H27N5O6. The van der Waals surface area contributed by atoms with E-state index in [9.17, 15) is 14.7 Å². The lowest BCUT2D eigenvalue weighted by molar-refractivity contribution is -0.119. The number of phenolic OH excluding ortho intramolecular Hbond substituents is 1. The molecule has 2 aromatic carbocycles. The molecule has 0 saturated carbocycles. The second-order valence-corrected chi connectivity index (χ2v) is 8.17. The van der Waals surface area contributed by atoms with Crippen LogP contribution in [0.2, 0.25) is 0 Å². The predicted molar refractivity (Wildman–Crippen MR) is 131 cm³/mol. The average Bonchev–Trinajstić information content (AvgIpc) is 3.29. The number of nitrogens with zero attached hydrogens (tertiary/aromatic N) is 4. The SMILES string of the molecule is COc1ccc(Cc2nc(N=C3NC(=O)N(C)C3=O)n(C)c2Cc2cc(O)c(OC)c(OC)c2)cc1. The van der Waals surface area contributed by atoms with Crippen molar-refractivity contribution in [2.45, 2.75) is 12.8 Å². The number of ether oxygens (including phenoxy) is 3. The Balaban J connectivity index is 1.76. The van der Waals surface area contributed by atoms with Crippen molar-refractivity contribution in [2.24, 2.45) is 12.0 Å².